The molecule has 0 spiro atoms. The first-order chi connectivity index (χ1) is 7.42. The summed E-state index contributed by atoms with van der Waals surface area (Å²) < 4.78 is 11.2. The summed E-state index contributed by atoms with van der Waals surface area (Å²) in [4.78, 5) is 0. The van der Waals surface area contributed by atoms with Gasteiger partial charge in [-0.2, -0.15) is 0 Å². The zero-order valence-electron chi connectivity index (χ0n) is 8.05. The van der Waals surface area contributed by atoms with Gasteiger partial charge >= 0.3 is 0 Å². The van der Waals surface area contributed by atoms with E-state index in [-0.39, 0.29) is 14.1 Å². The molecule has 0 aliphatic heterocycles. The molecule has 15 heavy (non-hydrogen) atoms. The van der Waals surface area contributed by atoms with Crippen LogP contribution in [0.1, 0.15) is 16.8 Å². The minimum atomic E-state index is 0.0254. The lowest BCUT2D eigenvalue weighted by Gasteiger charge is -2.01. The molecule has 0 heterocycles. The number of rotatable bonds is 1. The summed E-state index contributed by atoms with van der Waals surface area (Å²) in [5, 5.41) is 0. The molecule has 0 fully saturated rings. The van der Waals surface area contributed by atoms with Crippen molar-refractivity contribution in [2.24, 2.45) is 0 Å². The van der Waals surface area contributed by atoms with Crippen LogP contribution in [0, 0.1) is 0 Å². The summed E-state index contributed by atoms with van der Waals surface area (Å²) in [5.41, 5.74) is 4.83. The van der Waals surface area contributed by atoms with E-state index in [1.165, 1.54) is 22.3 Å². The van der Waals surface area contributed by atoms with Crippen molar-refractivity contribution in [3.63, 3.8) is 0 Å². The highest BCUT2D eigenvalue weighted by atomic mass is 31.1. The van der Waals surface area contributed by atoms with Crippen LogP contribution >= 0.6 is 8.46 Å². The molecule has 0 aromatic heterocycles. The lowest BCUT2D eigenvalue weighted by molar-refractivity contribution is 0.595. The van der Waals surface area contributed by atoms with Crippen LogP contribution in [0.25, 0.3) is 11.1 Å². The van der Waals surface area contributed by atoms with Gasteiger partial charge in [0.15, 0.2) is 8.46 Å². The van der Waals surface area contributed by atoms with Gasteiger partial charge in [-0.1, -0.05) is 48.5 Å². The number of benzene rings is 2. The van der Waals surface area contributed by atoms with E-state index >= 15 is 0 Å². The van der Waals surface area contributed by atoms with Crippen LogP contribution in [0.4, 0.5) is 0 Å². The van der Waals surface area contributed by atoms with Gasteiger partial charge in [0.1, 0.15) is 0 Å². The van der Waals surface area contributed by atoms with E-state index in [9.17, 15) is 4.57 Å². The largest absolute Gasteiger partial charge is 0.274 e. The molecular weight excluding hydrogens is 203 g/mol. The summed E-state index contributed by atoms with van der Waals surface area (Å²) in [7, 11) is 0.182. The van der Waals surface area contributed by atoms with Crippen molar-refractivity contribution < 1.29 is 4.57 Å². The van der Waals surface area contributed by atoms with Crippen molar-refractivity contribution in [3.05, 3.63) is 59.7 Å². The Hall–Kier alpha value is -1.46. The maximum atomic E-state index is 11.2. The molecule has 72 valence electrons. The van der Waals surface area contributed by atoms with Crippen molar-refractivity contribution in [2.45, 2.75) is 5.66 Å². The Morgan fingerprint density at radius 1 is 0.800 bits per heavy atom. The molecule has 2 aromatic rings. The minimum absolute atomic E-state index is 0.0254. The number of hydrogen-bond donors (Lipinski definition) is 0. The Kier molecular flexibility index (Phi) is 1.93. The van der Waals surface area contributed by atoms with Crippen molar-refractivity contribution in [3.8, 4) is 11.1 Å². The van der Waals surface area contributed by atoms with Crippen LogP contribution in [-0.4, -0.2) is 0 Å². The normalized spacial score (nSPS) is 13.9. The standard InChI is InChI=1S/C13H9OP/c14-15-13-11-7-3-1-5-9(11)10-6-2-4-8-12(10)13/h1-8,13H. The highest BCUT2D eigenvalue weighted by molar-refractivity contribution is 7.24. The van der Waals surface area contributed by atoms with E-state index in [0.29, 0.717) is 0 Å². The average Bonchev–Trinajstić information content (AvgIpc) is 2.63. The molecule has 1 aliphatic rings. The summed E-state index contributed by atoms with van der Waals surface area (Å²) in [6, 6.07) is 16.4. The van der Waals surface area contributed by atoms with Crippen LogP contribution in [0.3, 0.4) is 0 Å². The van der Waals surface area contributed by atoms with Gasteiger partial charge < -0.3 is 0 Å². The van der Waals surface area contributed by atoms with Crippen LogP contribution in [0.15, 0.2) is 48.5 Å². The average molecular weight is 212 g/mol. The second kappa shape index (κ2) is 3.29. The number of fused-ring (bicyclic) bond motifs is 3. The zero-order chi connectivity index (χ0) is 10.3. The topological polar surface area (TPSA) is 17.1 Å². The van der Waals surface area contributed by atoms with E-state index in [4.69, 9.17) is 0 Å². The van der Waals surface area contributed by atoms with Gasteiger partial charge in [-0.3, -0.25) is 4.57 Å². The molecule has 0 radical (unpaired) electrons. The first kappa shape index (κ1) is 8.82. The SMILES string of the molecule is O=PC1c2ccccc2-c2ccccc21. The molecule has 0 saturated heterocycles. The third-order valence-corrected chi connectivity index (χ3v) is 3.67. The maximum Gasteiger partial charge on any atom is 0.168 e. The van der Waals surface area contributed by atoms with Crippen molar-refractivity contribution in [1.29, 1.82) is 0 Å². The quantitative estimate of drug-likeness (QED) is 0.652. The Morgan fingerprint density at radius 2 is 1.27 bits per heavy atom. The minimum Gasteiger partial charge on any atom is -0.274 e. The number of hydrogen-bond acceptors (Lipinski definition) is 1. The molecular formula is C13H9OP. The monoisotopic (exact) mass is 212 g/mol. The van der Waals surface area contributed by atoms with E-state index in [0.717, 1.165) is 0 Å². The Labute approximate surface area is 90.0 Å². The fraction of sp³-hybridized carbons (Fsp3) is 0.0769. The van der Waals surface area contributed by atoms with Crippen molar-refractivity contribution >= 4 is 8.46 Å². The van der Waals surface area contributed by atoms with Crippen LogP contribution < -0.4 is 0 Å². The van der Waals surface area contributed by atoms with E-state index in [2.05, 4.69) is 24.3 Å². The molecule has 3 rings (SSSR count). The van der Waals surface area contributed by atoms with Gasteiger partial charge in [-0.05, 0) is 22.3 Å². The Balaban J connectivity index is 2.35. The highest BCUT2D eigenvalue weighted by Crippen LogP contribution is 2.49. The van der Waals surface area contributed by atoms with Gasteiger partial charge in [0, 0.05) is 0 Å². The molecule has 0 bridgehead atoms. The van der Waals surface area contributed by atoms with Gasteiger partial charge in [0.25, 0.3) is 0 Å². The van der Waals surface area contributed by atoms with Gasteiger partial charge in [-0.15, -0.1) is 0 Å². The van der Waals surface area contributed by atoms with Crippen LogP contribution in [0.5, 0.6) is 0 Å². The fourth-order valence-corrected chi connectivity index (χ4v) is 2.92. The molecule has 2 aromatic carbocycles. The lowest BCUT2D eigenvalue weighted by atomic mass is 10.1. The summed E-state index contributed by atoms with van der Waals surface area (Å²) in [5.74, 6) is 0. The highest BCUT2D eigenvalue weighted by Gasteiger charge is 2.27. The third kappa shape index (κ3) is 1.17. The second-order valence-corrected chi connectivity index (χ2v) is 4.41. The van der Waals surface area contributed by atoms with Crippen LogP contribution in [0.2, 0.25) is 0 Å². The Bertz CT molecular complexity index is 488. The molecule has 1 nitrogen and oxygen atoms in total. The molecule has 0 atom stereocenters. The predicted octanol–water partition coefficient (Wildman–Crippen LogP) is 4.05. The van der Waals surface area contributed by atoms with E-state index in [1.807, 2.05) is 24.3 Å². The first-order valence-electron chi connectivity index (χ1n) is 4.92. The summed E-state index contributed by atoms with van der Waals surface area (Å²) in [6.07, 6.45) is 0. The van der Waals surface area contributed by atoms with Crippen molar-refractivity contribution in [1.82, 2.24) is 0 Å². The maximum absolute atomic E-state index is 11.2. The molecule has 0 unspecified atom stereocenters. The molecule has 0 saturated carbocycles. The summed E-state index contributed by atoms with van der Waals surface area (Å²) in [6.45, 7) is 0. The van der Waals surface area contributed by atoms with Crippen LogP contribution in [-0.2, 0) is 4.57 Å². The third-order valence-electron chi connectivity index (χ3n) is 2.91. The predicted molar refractivity (Wildman–Crippen MR) is 61.3 cm³/mol. The second-order valence-electron chi connectivity index (χ2n) is 3.68. The van der Waals surface area contributed by atoms with Gasteiger partial charge in [-0.25, -0.2) is 0 Å². The fourth-order valence-electron chi connectivity index (χ4n) is 2.24. The van der Waals surface area contributed by atoms with E-state index < -0.39 is 0 Å². The molecule has 0 amide bonds. The molecule has 2 heteroatoms. The van der Waals surface area contributed by atoms with Gasteiger partial charge in [0.2, 0.25) is 0 Å². The zero-order valence-corrected chi connectivity index (χ0v) is 8.95. The van der Waals surface area contributed by atoms with E-state index in [1.54, 1.807) is 0 Å². The van der Waals surface area contributed by atoms with Gasteiger partial charge in [0.05, 0.1) is 5.66 Å². The first-order valence-corrected chi connectivity index (χ1v) is 5.80. The molecule has 0 N–H and O–H groups in total. The smallest absolute Gasteiger partial charge is 0.168 e. The van der Waals surface area contributed by atoms with Crippen molar-refractivity contribution in [2.75, 3.05) is 0 Å². The summed E-state index contributed by atoms with van der Waals surface area (Å²) >= 11 is 0. The molecule has 1 aliphatic carbocycles. The Morgan fingerprint density at radius 3 is 1.73 bits per heavy atom. The lowest BCUT2D eigenvalue weighted by Crippen LogP contribution is -1.84.